The molecule has 2 fully saturated rings. The van der Waals surface area contributed by atoms with Crippen LogP contribution in [-0.2, 0) is 0 Å². The Morgan fingerprint density at radius 2 is 2.50 bits per heavy atom. The van der Waals surface area contributed by atoms with Gasteiger partial charge >= 0.3 is 0 Å². The second kappa shape index (κ2) is 1.92. The Balaban J connectivity index is 2.26. The van der Waals surface area contributed by atoms with Crippen LogP contribution in [0.5, 0.6) is 0 Å². The van der Waals surface area contributed by atoms with Crippen molar-refractivity contribution in [1.82, 2.24) is 5.32 Å². The van der Waals surface area contributed by atoms with Crippen molar-refractivity contribution in [1.29, 1.82) is 0 Å². The Bertz CT molecular complexity index is 182. The molecule has 10 heavy (non-hydrogen) atoms. The molecule has 0 aromatic rings. The zero-order chi connectivity index (χ0) is 7.19. The number of hydrogen-bond acceptors (Lipinski definition) is 2. The highest BCUT2D eigenvalue weighted by Crippen LogP contribution is 2.34. The van der Waals surface area contributed by atoms with Crippen LogP contribution < -0.4 is 5.32 Å². The molecule has 2 atom stereocenters. The van der Waals surface area contributed by atoms with E-state index in [0.717, 1.165) is 19.3 Å². The van der Waals surface area contributed by atoms with E-state index in [1.165, 1.54) is 6.42 Å². The molecule has 1 heterocycles. The smallest absolute Gasteiger partial charge is 0.116 e. The minimum absolute atomic E-state index is 0.464. The van der Waals surface area contributed by atoms with Crippen LogP contribution in [-0.4, -0.2) is 21.7 Å². The zero-order valence-electron chi connectivity index (χ0n) is 5.76. The SMILES string of the molecule is O[C@@]12CCC[C@@H](C1)NC2=S. The lowest BCUT2D eigenvalue weighted by molar-refractivity contribution is 0.0824. The van der Waals surface area contributed by atoms with Crippen molar-refractivity contribution in [2.24, 2.45) is 0 Å². The number of nitrogens with one attached hydrogen (secondary N) is 1. The van der Waals surface area contributed by atoms with Gasteiger partial charge in [-0.05, 0) is 19.3 Å². The van der Waals surface area contributed by atoms with Gasteiger partial charge in [-0.1, -0.05) is 12.2 Å². The first-order valence-corrected chi connectivity index (χ1v) is 4.15. The lowest BCUT2D eigenvalue weighted by Gasteiger charge is -2.24. The van der Waals surface area contributed by atoms with E-state index in [9.17, 15) is 5.11 Å². The summed E-state index contributed by atoms with van der Waals surface area (Å²) in [4.78, 5) is 0.676. The molecule has 1 aliphatic heterocycles. The predicted octanol–water partition coefficient (Wildman–Crippen LogP) is 0.591. The van der Waals surface area contributed by atoms with Gasteiger partial charge < -0.3 is 10.4 Å². The van der Waals surface area contributed by atoms with Gasteiger partial charge in [0.1, 0.15) is 10.6 Å². The molecule has 0 radical (unpaired) electrons. The van der Waals surface area contributed by atoms with Gasteiger partial charge in [-0.3, -0.25) is 0 Å². The van der Waals surface area contributed by atoms with Crippen LogP contribution in [0.15, 0.2) is 0 Å². The van der Waals surface area contributed by atoms with Gasteiger partial charge in [0.25, 0.3) is 0 Å². The van der Waals surface area contributed by atoms with Crippen molar-refractivity contribution >= 4 is 17.2 Å². The van der Waals surface area contributed by atoms with Crippen molar-refractivity contribution in [3.05, 3.63) is 0 Å². The molecule has 2 N–H and O–H groups in total. The Hall–Kier alpha value is -0.150. The standard InChI is InChI=1S/C7H11NOS/c9-7-3-1-2-5(4-7)8-6(7)10/h5,9H,1-4H2,(H,8,10)/t5-,7-/m0/s1. The maximum atomic E-state index is 9.79. The molecule has 3 heteroatoms. The van der Waals surface area contributed by atoms with Gasteiger partial charge in [-0.2, -0.15) is 0 Å². The average Bonchev–Trinajstić information content (AvgIpc) is 2.04. The summed E-state index contributed by atoms with van der Waals surface area (Å²) >= 11 is 5.01. The van der Waals surface area contributed by atoms with Crippen molar-refractivity contribution in [3.63, 3.8) is 0 Å². The summed E-state index contributed by atoms with van der Waals surface area (Å²) in [6.07, 6.45) is 3.97. The third-order valence-electron chi connectivity index (χ3n) is 2.48. The summed E-state index contributed by atoms with van der Waals surface area (Å²) in [5.74, 6) is 0. The molecule has 0 spiro atoms. The number of hydrogen-bond donors (Lipinski definition) is 2. The fourth-order valence-corrected chi connectivity index (χ4v) is 2.25. The highest BCUT2D eigenvalue weighted by Gasteiger charge is 2.44. The predicted molar refractivity (Wildman–Crippen MR) is 42.9 cm³/mol. The third kappa shape index (κ3) is 0.772. The molecule has 2 nitrogen and oxygen atoms in total. The quantitative estimate of drug-likeness (QED) is 0.505. The molecule has 1 saturated carbocycles. The van der Waals surface area contributed by atoms with Crippen LogP contribution in [0.2, 0.25) is 0 Å². The molecule has 0 unspecified atom stereocenters. The van der Waals surface area contributed by atoms with E-state index in [1.807, 2.05) is 0 Å². The van der Waals surface area contributed by atoms with Crippen LogP contribution in [0.3, 0.4) is 0 Å². The summed E-state index contributed by atoms with van der Waals surface area (Å²) in [7, 11) is 0. The zero-order valence-corrected chi connectivity index (χ0v) is 6.58. The van der Waals surface area contributed by atoms with E-state index in [0.29, 0.717) is 11.0 Å². The van der Waals surface area contributed by atoms with Crippen molar-refractivity contribution in [2.75, 3.05) is 0 Å². The van der Waals surface area contributed by atoms with E-state index >= 15 is 0 Å². The highest BCUT2D eigenvalue weighted by molar-refractivity contribution is 7.80. The van der Waals surface area contributed by atoms with Gasteiger partial charge in [0, 0.05) is 12.5 Å². The molecule has 1 aliphatic carbocycles. The number of thiocarbonyl (C=S) groups is 1. The second-order valence-corrected chi connectivity index (χ2v) is 3.71. The molecule has 0 aromatic carbocycles. The van der Waals surface area contributed by atoms with Gasteiger partial charge in [0.15, 0.2) is 0 Å². The van der Waals surface area contributed by atoms with Crippen molar-refractivity contribution < 1.29 is 5.11 Å². The summed E-state index contributed by atoms with van der Waals surface area (Å²) < 4.78 is 0. The van der Waals surface area contributed by atoms with Crippen molar-refractivity contribution in [2.45, 2.75) is 37.3 Å². The van der Waals surface area contributed by atoms with Gasteiger partial charge in [0.2, 0.25) is 0 Å². The molecule has 2 rings (SSSR count). The second-order valence-electron chi connectivity index (χ2n) is 3.30. The van der Waals surface area contributed by atoms with Crippen LogP contribution >= 0.6 is 12.2 Å². The molecular weight excluding hydrogens is 146 g/mol. The van der Waals surface area contributed by atoms with E-state index in [1.54, 1.807) is 0 Å². The first kappa shape index (κ1) is 6.55. The summed E-state index contributed by atoms with van der Waals surface area (Å²) in [6, 6.07) is 0.464. The summed E-state index contributed by atoms with van der Waals surface area (Å²) in [6.45, 7) is 0. The molecule has 0 amide bonds. The minimum atomic E-state index is -0.627. The minimum Gasteiger partial charge on any atom is -0.383 e. The number of rotatable bonds is 0. The van der Waals surface area contributed by atoms with E-state index in [2.05, 4.69) is 5.32 Å². The van der Waals surface area contributed by atoms with E-state index in [4.69, 9.17) is 12.2 Å². The maximum Gasteiger partial charge on any atom is 0.116 e. The van der Waals surface area contributed by atoms with Crippen molar-refractivity contribution in [3.8, 4) is 0 Å². The molecule has 56 valence electrons. The highest BCUT2D eigenvalue weighted by atomic mass is 32.1. The first-order chi connectivity index (χ1) is 4.71. The molecule has 2 bridgehead atoms. The van der Waals surface area contributed by atoms with Gasteiger partial charge in [0.05, 0.1) is 0 Å². The number of fused-ring (bicyclic) bond motifs is 2. The largest absolute Gasteiger partial charge is 0.383 e. The summed E-state index contributed by atoms with van der Waals surface area (Å²) in [5, 5.41) is 12.9. The Kier molecular flexibility index (Phi) is 1.26. The molecule has 1 saturated heterocycles. The lowest BCUT2D eigenvalue weighted by atomic mass is 9.86. The van der Waals surface area contributed by atoms with Gasteiger partial charge in [-0.25, -0.2) is 0 Å². The van der Waals surface area contributed by atoms with Crippen LogP contribution in [0.4, 0.5) is 0 Å². The van der Waals surface area contributed by atoms with Crippen LogP contribution in [0.25, 0.3) is 0 Å². The fourth-order valence-electron chi connectivity index (χ4n) is 1.90. The lowest BCUT2D eigenvalue weighted by Crippen LogP contribution is -2.35. The maximum absolute atomic E-state index is 9.79. The molecule has 2 aliphatic rings. The Labute approximate surface area is 65.6 Å². The van der Waals surface area contributed by atoms with E-state index in [-0.39, 0.29) is 0 Å². The average molecular weight is 157 g/mol. The molecule has 0 aromatic heterocycles. The monoisotopic (exact) mass is 157 g/mol. The fraction of sp³-hybridized carbons (Fsp3) is 0.857. The Morgan fingerprint density at radius 3 is 3.10 bits per heavy atom. The Morgan fingerprint density at radius 1 is 1.70 bits per heavy atom. The van der Waals surface area contributed by atoms with Crippen LogP contribution in [0.1, 0.15) is 25.7 Å². The van der Waals surface area contributed by atoms with Crippen LogP contribution in [0, 0.1) is 0 Å². The topological polar surface area (TPSA) is 32.3 Å². The van der Waals surface area contributed by atoms with E-state index < -0.39 is 5.60 Å². The molecular formula is C7H11NOS. The normalized spacial score (nSPS) is 45.3. The first-order valence-electron chi connectivity index (χ1n) is 3.74. The number of aliphatic hydroxyl groups is 1. The van der Waals surface area contributed by atoms with Gasteiger partial charge in [-0.15, -0.1) is 0 Å². The summed E-state index contributed by atoms with van der Waals surface area (Å²) in [5.41, 5.74) is -0.627. The third-order valence-corrected chi connectivity index (χ3v) is 2.98.